The molecule has 1 N–H and O–H groups in total. The number of aromatic nitrogens is 2. The zero-order valence-electron chi connectivity index (χ0n) is 12.0. The molecule has 0 radical (unpaired) electrons. The van der Waals surface area contributed by atoms with Crippen LogP contribution in [0.2, 0.25) is 5.02 Å². The summed E-state index contributed by atoms with van der Waals surface area (Å²) in [4.78, 5) is 10.9. The molecule has 114 valence electrons. The van der Waals surface area contributed by atoms with Crippen molar-refractivity contribution in [3.05, 3.63) is 29.6 Å². The summed E-state index contributed by atoms with van der Waals surface area (Å²) in [6, 6.07) is 4.51. The normalized spacial score (nSPS) is 19.0. The largest absolute Gasteiger partial charge is 0.444 e. The first kappa shape index (κ1) is 13.6. The molecule has 0 aliphatic carbocycles. The van der Waals surface area contributed by atoms with Gasteiger partial charge in [-0.05, 0) is 19.1 Å². The molecule has 1 aliphatic rings. The van der Waals surface area contributed by atoms with Crippen molar-refractivity contribution in [3.63, 3.8) is 0 Å². The summed E-state index contributed by atoms with van der Waals surface area (Å²) in [6.07, 6.45) is 3.12. The van der Waals surface area contributed by atoms with Crippen molar-refractivity contribution in [1.29, 1.82) is 0 Å². The molecule has 0 saturated carbocycles. The number of rotatable bonds is 2. The van der Waals surface area contributed by atoms with Crippen molar-refractivity contribution in [1.82, 2.24) is 15.3 Å². The Kier molecular flexibility index (Phi) is 3.28. The summed E-state index contributed by atoms with van der Waals surface area (Å²) >= 11 is 6.19. The van der Waals surface area contributed by atoms with Crippen LogP contribution in [0, 0.1) is 0 Å². The number of fused-ring (bicyclic) bond motifs is 1. The Morgan fingerprint density at radius 3 is 3.09 bits per heavy atom. The van der Waals surface area contributed by atoms with E-state index >= 15 is 0 Å². The van der Waals surface area contributed by atoms with Gasteiger partial charge >= 0.3 is 0 Å². The van der Waals surface area contributed by atoms with E-state index in [-0.39, 0.29) is 0 Å². The highest BCUT2D eigenvalue weighted by molar-refractivity contribution is 6.31. The highest BCUT2D eigenvalue weighted by Crippen LogP contribution is 2.34. The van der Waals surface area contributed by atoms with Crippen molar-refractivity contribution in [2.75, 3.05) is 24.5 Å². The minimum Gasteiger partial charge on any atom is -0.444 e. The average molecular weight is 319 g/mol. The van der Waals surface area contributed by atoms with Gasteiger partial charge in [-0.15, -0.1) is 0 Å². The Morgan fingerprint density at radius 2 is 2.32 bits per heavy atom. The highest BCUT2D eigenvalue weighted by Gasteiger charge is 2.24. The quantitative estimate of drug-likeness (QED) is 0.783. The molecule has 1 atom stereocenters. The van der Waals surface area contributed by atoms with Gasteiger partial charge in [-0.25, -0.2) is 4.98 Å². The van der Waals surface area contributed by atoms with Crippen LogP contribution >= 0.6 is 11.6 Å². The number of hydrogen-bond acceptors (Lipinski definition) is 6. The van der Waals surface area contributed by atoms with Gasteiger partial charge in [0.1, 0.15) is 11.8 Å². The highest BCUT2D eigenvalue weighted by atomic mass is 35.5. The Morgan fingerprint density at radius 1 is 1.41 bits per heavy atom. The fourth-order valence-corrected chi connectivity index (χ4v) is 2.96. The molecule has 1 saturated heterocycles. The van der Waals surface area contributed by atoms with Crippen LogP contribution in [0.1, 0.15) is 6.92 Å². The predicted molar refractivity (Wildman–Crippen MR) is 84.2 cm³/mol. The van der Waals surface area contributed by atoms with E-state index < -0.39 is 0 Å². The maximum Gasteiger partial charge on any atom is 0.298 e. The molecule has 1 fully saturated rings. The number of oxazole rings is 2. The summed E-state index contributed by atoms with van der Waals surface area (Å²) in [5.74, 6) is 0.476. The second kappa shape index (κ2) is 5.30. The van der Waals surface area contributed by atoms with Crippen molar-refractivity contribution < 1.29 is 8.83 Å². The van der Waals surface area contributed by atoms with Crippen molar-refractivity contribution in [3.8, 4) is 11.5 Å². The van der Waals surface area contributed by atoms with Crippen LogP contribution in [-0.2, 0) is 0 Å². The van der Waals surface area contributed by atoms with Crippen molar-refractivity contribution >= 4 is 28.7 Å². The molecule has 0 bridgehead atoms. The molecule has 1 unspecified atom stereocenters. The van der Waals surface area contributed by atoms with E-state index in [1.807, 2.05) is 0 Å². The second-order valence-corrected chi connectivity index (χ2v) is 5.82. The number of anilines is 1. The van der Waals surface area contributed by atoms with Crippen molar-refractivity contribution in [2.45, 2.75) is 13.0 Å². The maximum absolute atomic E-state index is 6.19. The molecule has 0 amide bonds. The van der Waals surface area contributed by atoms with Crippen LogP contribution < -0.4 is 10.2 Å². The van der Waals surface area contributed by atoms with Gasteiger partial charge < -0.3 is 19.1 Å². The molecule has 3 heterocycles. The van der Waals surface area contributed by atoms with E-state index in [1.54, 1.807) is 18.3 Å². The van der Waals surface area contributed by atoms with Gasteiger partial charge in [0, 0.05) is 30.7 Å². The standard InChI is InChI=1S/C15H15ClN4O2/c1-9-8-17-2-4-20(9)15-19-12-7-10(16)6-11(13(12)22-15)14-18-3-5-21-14/h3,5-7,9,17H,2,4,8H2,1H3. The van der Waals surface area contributed by atoms with Crippen LogP contribution in [0.4, 0.5) is 6.01 Å². The molecule has 7 heteroatoms. The van der Waals surface area contributed by atoms with Crippen LogP contribution in [-0.4, -0.2) is 35.6 Å². The topological polar surface area (TPSA) is 67.3 Å². The molecule has 3 aromatic rings. The van der Waals surface area contributed by atoms with Crippen LogP contribution in [0.15, 0.2) is 33.4 Å². The number of nitrogens with one attached hydrogen (secondary N) is 1. The van der Waals surface area contributed by atoms with Gasteiger partial charge in [0.05, 0.1) is 11.8 Å². The Balaban J connectivity index is 1.85. The van der Waals surface area contributed by atoms with Crippen LogP contribution in [0.3, 0.4) is 0 Å². The predicted octanol–water partition coefficient (Wildman–Crippen LogP) is 2.93. The van der Waals surface area contributed by atoms with E-state index in [0.717, 1.165) is 19.6 Å². The number of hydrogen-bond donors (Lipinski definition) is 1. The second-order valence-electron chi connectivity index (χ2n) is 5.38. The summed E-state index contributed by atoms with van der Waals surface area (Å²) < 4.78 is 11.4. The van der Waals surface area contributed by atoms with E-state index in [4.69, 9.17) is 20.4 Å². The Labute approximate surface area is 132 Å². The summed E-state index contributed by atoms with van der Waals surface area (Å²) in [5, 5.41) is 3.93. The molecular formula is C15H15ClN4O2. The lowest BCUT2D eigenvalue weighted by Crippen LogP contribution is -2.50. The molecule has 0 spiro atoms. The van der Waals surface area contributed by atoms with Gasteiger partial charge in [-0.1, -0.05) is 11.6 Å². The van der Waals surface area contributed by atoms with Crippen molar-refractivity contribution in [2.24, 2.45) is 0 Å². The lowest BCUT2D eigenvalue weighted by Gasteiger charge is -2.32. The number of halogens is 1. The zero-order valence-corrected chi connectivity index (χ0v) is 12.8. The Hall–Kier alpha value is -2.05. The zero-order chi connectivity index (χ0) is 15.1. The monoisotopic (exact) mass is 318 g/mol. The van der Waals surface area contributed by atoms with Crippen LogP contribution in [0.25, 0.3) is 22.6 Å². The molecule has 6 nitrogen and oxygen atoms in total. The van der Waals surface area contributed by atoms with E-state index in [9.17, 15) is 0 Å². The van der Waals surface area contributed by atoms with Gasteiger partial charge in [-0.3, -0.25) is 0 Å². The Bertz CT molecular complexity index is 799. The maximum atomic E-state index is 6.19. The smallest absolute Gasteiger partial charge is 0.298 e. The first-order valence-corrected chi connectivity index (χ1v) is 7.57. The van der Waals surface area contributed by atoms with E-state index in [0.29, 0.717) is 39.6 Å². The fourth-order valence-electron chi connectivity index (χ4n) is 2.75. The number of piperazine rings is 1. The lowest BCUT2D eigenvalue weighted by molar-refractivity contribution is 0.456. The molecule has 4 rings (SSSR count). The third-order valence-electron chi connectivity index (χ3n) is 3.85. The average Bonchev–Trinajstić information content (AvgIpc) is 3.15. The minimum atomic E-state index is 0.322. The fraction of sp³-hybridized carbons (Fsp3) is 0.333. The van der Waals surface area contributed by atoms with Gasteiger partial charge in [0.25, 0.3) is 6.01 Å². The molecule has 22 heavy (non-hydrogen) atoms. The molecule has 1 aromatic carbocycles. The van der Waals surface area contributed by atoms with Crippen LogP contribution in [0.5, 0.6) is 0 Å². The number of nitrogens with zero attached hydrogens (tertiary/aromatic N) is 3. The molecular weight excluding hydrogens is 304 g/mol. The SMILES string of the molecule is CC1CNCCN1c1nc2cc(Cl)cc(-c3ncco3)c2o1. The first-order chi connectivity index (χ1) is 10.7. The van der Waals surface area contributed by atoms with Gasteiger partial charge in [-0.2, -0.15) is 4.98 Å². The summed E-state index contributed by atoms with van der Waals surface area (Å²) in [7, 11) is 0. The van der Waals surface area contributed by atoms with Gasteiger partial charge in [0.2, 0.25) is 5.89 Å². The third kappa shape index (κ3) is 2.24. The minimum absolute atomic E-state index is 0.322. The lowest BCUT2D eigenvalue weighted by atomic mass is 10.2. The summed E-state index contributed by atoms with van der Waals surface area (Å²) in [5.41, 5.74) is 2.07. The summed E-state index contributed by atoms with van der Waals surface area (Å²) in [6.45, 7) is 4.82. The van der Waals surface area contributed by atoms with E-state index in [2.05, 4.69) is 27.1 Å². The van der Waals surface area contributed by atoms with E-state index in [1.165, 1.54) is 6.26 Å². The third-order valence-corrected chi connectivity index (χ3v) is 4.07. The number of benzene rings is 1. The molecule has 1 aliphatic heterocycles. The van der Waals surface area contributed by atoms with Gasteiger partial charge in [0.15, 0.2) is 5.58 Å². The molecule has 2 aromatic heterocycles. The first-order valence-electron chi connectivity index (χ1n) is 7.19.